The molecule has 0 saturated heterocycles. The minimum absolute atomic E-state index is 0.0491. The van der Waals surface area contributed by atoms with Crippen molar-refractivity contribution < 1.29 is 24.1 Å². The van der Waals surface area contributed by atoms with Crippen LogP contribution < -0.4 is 5.32 Å². The Labute approximate surface area is 153 Å². The lowest BCUT2D eigenvalue weighted by Crippen LogP contribution is -2.36. The second kappa shape index (κ2) is 8.94. The number of hydrogen-bond donors (Lipinski definition) is 3. The molecule has 0 spiro atoms. The molecule has 2 unspecified atom stereocenters. The molecule has 0 fully saturated rings. The van der Waals surface area contributed by atoms with E-state index >= 15 is 0 Å². The average Bonchev–Trinajstić information content (AvgIpc) is 2.62. The van der Waals surface area contributed by atoms with Gasteiger partial charge in [0.15, 0.2) is 0 Å². The van der Waals surface area contributed by atoms with Crippen LogP contribution in [-0.4, -0.2) is 29.0 Å². The molecule has 0 radical (unpaired) electrons. The lowest BCUT2D eigenvalue weighted by Gasteiger charge is -2.21. The van der Waals surface area contributed by atoms with Crippen LogP contribution >= 0.6 is 15.9 Å². The number of nitrogens with one attached hydrogen (secondary N) is 1. The molecule has 25 heavy (non-hydrogen) atoms. The van der Waals surface area contributed by atoms with Crippen molar-refractivity contribution in [1.29, 1.82) is 0 Å². The van der Waals surface area contributed by atoms with Crippen LogP contribution in [0, 0.1) is 12.7 Å². The number of amides is 1. The zero-order valence-electron chi connectivity index (χ0n) is 13.6. The number of carbonyl (C=O) groups excluding carboxylic acids is 1. The third kappa shape index (κ3) is 5.26. The van der Waals surface area contributed by atoms with E-state index in [1.54, 1.807) is 13.0 Å². The Morgan fingerprint density at radius 3 is 2.60 bits per heavy atom. The lowest BCUT2D eigenvalue weighted by atomic mass is 10.0. The van der Waals surface area contributed by atoms with Gasteiger partial charge < -0.3 is 20.3 Å². The number of aliphatic hydroxyl groups excluding tert-OH is 2. The molecule has 2 atom stereocenters. The minimum Gasteiger partial charge on any atom is -0.445 e. The molecular weight excluding hydrogens is 393 g/mol. The van der Waals surface area contributed by atoms with Crippen molar-refractivity contribution in [2.24, 2.45) is 0 Å². The number of carbonyl (C=O) groups is 1. The molecule has 0 aromatic heterocycles. The number of aliphatic hydroxyl groups is 2. The van der Waals surface area contributed by atoms with E-state index < -0.39 is 24.1 Å². The van der Waals surface area contributed by atoms with Crippen LogP contribution in [0.15, 0.2) is 46.9 Å². The van der Waals surface area contributed by atoms with Crippen molar-refractivity contribution in [2.45, 2.75) is 25.7 Å². The van der Waals surface area contributed by atoms with Crippen molar-refractivity contribution in [2.75, 3.05) is 6.54 Å². The Morgan fingerprint density at radius 1 is 1.24 bits per heavy atom. The maximum absolute atomic E-state index is 13.9. The number of halogens is 2. The van der Waals surface area contributed by atoms with Gasteiger partial charge in [-0.3, -0.25) is 0 Å². The van der Waals surface area contributed by atoms with Gasteiger partial charge in [0, 0.05) is 16.6 Å². The van der Waals surface area contributed by atoms with Gasteiger partial charge in [-0.25, -0.2) is 9.18 Å². The van der Waals surface area contributed by atoms with E-state index in [-0.39, 0.29) is 18.7 Å². The molecule has 0 bridgehead atoms. The summed E-state index contributed by atoms with van der Waals surface area (Å²) in [5.74, 6) is -0.643. The molecular formula is C18H19BrFNO4. The van der Waals surface area contributed by atoms with Gasteiger partial charge in [0.25, 0.3) is 0 Å². The zero-order valence-corrected chi connectivity index (χ0v) is 15.2. The summed E-state index contributed by atoms with van der Waals surface area (Å²) in [5, 5.41) is 22.6. The maximum atomic E-state index is 13.9. The highest BCUT2D eigenvalue weighted by Crippen LogP contribution is 2.31. The smallest absolute Gasteiger partial charge is 0.407 e. The Balaban J connectivity index is 1.88. The lowest BCUT2D eigenvalue weighted by molar-refractivity contribution is 0.0159. The molecule has 7 heteroatoms. The maximum Gasteiger partial charge on any atom is 0.407 e. The van der Waals surface area contributed by atoms with Crippen LogP contribution in [0.2, 0.25) is 0 Å². The molecule has 5 nitrogen and oxygen atoms in total. The minimum atomic E-state index is -1.50. The van der Waals surface area contributed by atoms with E-state index in [1.165, 1.54) is 6.07 Å². The first-order chi connectivity index (χ1) is 11.9. The van der Waals surface area contributed by atoms with E-state index in [1.807, 2.05) is 30.3 Å². The monoisotopic (exact) mass is 411 g/mol. The van der Waals surface area contributed by atoms with Crippen LogP contribution in [0.3, 0.4) is 0 Å². The van der Waals surface area contributed by atoms with Gasteiger partial charge in [0.1, 0.15) is 24.6 Å². The average molecular weight is 412 g/mol. The molecule has 2 aromatic rings. The van der Waals surface area contributed by atoms with Crippen LogP contribution in [0.5, 0.6) is 0 Å². The number of alkyl carbamates (subject to hydrolysis) is 1. The highest BCUT2D eigenvalue weighted by atomic mass is 79.9. The summed E-state index contributed by atoms with van der Waals surface area (Å²) < 4.78 is 19.3. The van der Waals surface area contributed by atoms with Gasteiger partial charge in [-0.15, -0.1) is 0 Å². The predicted molar refractivity (Wildman–Crippen MR) is 94.4 cm³/mol. The summed E-state index contributed by atoms with van der Waals surface area (Å²) in [7, 11) is 0. The molecule has 3 N–H and O–H groups in total. The molecule has 2 aromatic carbocycles. The first-order valence-corrected chi connectivity index (χ1v) is 8.44. The SMILES string of the molecule is Cc1ccc(F)c(C(O)C(O)CNC(=O)OCc2ccccc2)c1Br. The highest BCUT2D eigenvalue weighted by molar-refractivity contribution is 9.10. The van der Waals surface area contributed by atoms with Gasteiger partial charge in [0.05, 0.1) is 0 Å². The third-order valence-corrected chi connectivity index (χ3v) is 4.70. The number of benzene rings is 2. The molecule has 2 rings (SSSR count). The van der Waals surface area contributed by atoms with Crippen molar-refractivity contribution >= 4 is 22.0 Å². The summed E-state index contributed by atoms with van der Waals surface area (Å²) in [5.41, 5.74) is 1.49. The van der Waals surface area contributed by atoms with Gasteiger partial charge in [-0.05, 0) is 24.1 Å². The predicted octanol–water partition coefficient (Wildman–Crippen LogP) is 3.22. The zero-order chi connectivity index (χ0) is 18.4. The van der Waals surface area contributed by atoms with E-state index in [2.05, 4.69) is 21.2 Å². The van der Waals surface area contributed by atoms with Gasteiger partial charge in [-0.1, -0.05) is 52.3 Å². The molecule has 134 valence electrons. The number of rotatable bonds is 6. The van der Waals surface area contributed by atoms with Gasteiger partial charge in [-0.2, -0.15) is 0 Å². The largest absolute Gasteiger partial charge is 0.445 e. The molecule has 0 heterocycles. The Bertz CT molecular complexity index is 727. The first-order valence-electron chi connectivity index (χ1n) is 7.65. The fourth-order valence-corrected chi connectivity index (χ4v) is 2.77. The highest BCUT2D eigenvalue weighted by Gasteiger charge is 2.25. The van der Waals surface area contributed by atoms with Crippen molar-refractivity contribution in [3.8, 4) is 0 Å². The number of aryl methyl sites for hydroxylation is 1. The fourth-order valence-electron chi connectivity index (χ4n) is 2.22. The fraction of sp³-hybridized carbons (Fsp3) is 0.278. The number of ether oxygens (including phenoxy) is 1. The molecule has 0 aliphatic carbocycles. The third-order valence-electron chi connectivity index (χ3n) is 3.65. The first kappa shape index (κ1) is 19.4. The normalized spacial score (nSPS) is 13.2. The second-order valence-electron chi connectivity index (χ2n) is 5.55. The van der Waals surface area contributed by atoms with E-state index in [9.17, 15) is 19.4 Å². The van der Waals surface area contributed by atoms with E-state index in [0.717, 1.165) is 11.1 Å². The van der Waals surface area contributed by atoms with Gasteiger partial charge in [0.2, 0.25) is 0 Å². The molecule has 0 saturated carbocycles. The summed E-state index contributed by atoms with van der Waals surface area (Å²) in [4.78, 5) is 11.7. The van der Waals surface area contributed by atoms with Crippen molar-refractivity contribution in [1.82, 2.24) is 5.32 Å². The van der Waals surface area contributed by atoms with Crippen LogP contribution in [0.4, 0.5) is 9.18 Å². The molecule has 0 aliphatic heterocycles. The summed E-state index contributed by atoms with van der Waals surface area (Å²) in [6, 6.07) is 11.9. The second-order valence-corrected chi connectivity index (χ2v) is 6.34. The molecule has 1 amide bonds. The molecule has 0 aliphatic rings. The van der Waals surface area contributed by atoms with Crippen LogP contribution in [-0.2, 0) is 11.3 Å². The van der Waals surface area contributed by atoms with Crippen molar-refractivity contribution in [3.05, 3.63) is 69.4 Å². The van der Waals surface area contributed by atoms with Crippen molar-refractivity contribution in [3.63, 3.8) is 0 Å². The Kier molecular flexibility index (Phi) is 6.92. The number of hydrogen-bond acceptors (Lipinski definition) is 4. The standard InChI is InChI=1S/C18H19BrFNO4/c1-11-7-8-13(20)15(16(11)19)17(23)14(22)9-21-18(24)25-10-12-5-3-2-4-6-12/h2-8,14,17,22-23H,9-10H2,1H3,(H,21,24). The van der Waals surface area contributed by atoms with Gasteiger partial charge >= 0.3 is 6.09 Å². The van der Waals surface area contributed by atoms with E-state index in [4.69, 9.17) is 4.74 Å². The topological polar surface area (TPSA) is 78.8 Å². The Hall–Kier alpha value is -1.96. The summed E-state index contributed by atoms with van der Waals surface area (Å²) in [6.45, 7) is 1.54. The van der Waals surface area contributed by atoms with Crippen LogP contribution in [0.1, 0.15) is 22.8 Å². The quantitative estimate of drug-likeness (QED) is 0.681. The summed E-state index contributed by atoms with van der Waals surface area (Å²) >= 11 is 3.21. The summed E-state index contributed by atoms with van der Waals surface area (Å²) in [6.07, 6.45) is -3.63. The van der Waals surface area contributed by atoms with Crippen LogP contribution in [0.25, 0.3) is 0 Å². The Morgan fingerprint density at radius 2 is 1.92 bits per heavy atom. The van der Waals surface area contributed by atoms with E-state index in [0.29, 0.717) is 4.47 Å².